The molecule has 3 aromatic carbocycles. The van der Waals surface area contributed by atoms with E-state index in [1.807, 2.05) is 55.7 Å². The van der Waals surface area contributed by atoms with Gasteiger partial charge >= 0.3 is 6.18 Å². The fraction of sp³-hybridized carbons (Fsp3) is 0.353. The number of carbonyl (C=O) groups excluding carboxylic acids is 1. The minimum absolute atomic E-state index is 0. The van der Waals surface area contributed by atoms with E-state index in [9.17, 15) is 18.0 Å². The van der Waals surface area contributed by atoms with Gasteiger partial charge in [-0.1, -0.05) is 49.9 Å². The number of rotatable bonds is 10. The zero-order chi connectivity index (χ0) is 29.7. The molecular formula is C34H39F3N4O2. The Morgan fingerprint density at radius 1 is 0.953 bits per heavy atom. The molecule has 0 spiro atoms. The van der Waals surface area contributed by atoms with Crippen LogP contribution < -0.4 is 10.1 Å². The summed E-state index contributed by atoms with van der Waals surface area (Å²) in [6, 6.07) is 17.9. The topological polar surface area (TPSA) is 59.4 Å². The van der Waals surface area contributed by atoms with Crippen LogP contribution in [0, 0.1) is 0 Å². The van der Waals surface area contributed by atoms with Crippen LogP contribution in [0.1, 0.15) is 45.6 Å². The van der Waals surface area contributed by atoms with Crippen LogP contribution in [-0.2, 0) is 39.0 Å². The molecule has 1 aliphatic rings. The van der Waals surface area contributed by atoms with E-state index in [1.54, 1.807) is 30.1 Å². The number of Topliss-reactive ketones (excluding diaryl/α,β-unsaturated/α-hetero) is 1. The zero-order valence-corrected chi connectivity index (χ0v) is 23.9. The summed E-state index contributed by atoms with van der Waals surface area (Å²) in [6.45, 7) is 3.35. The van der Waals surface area contributed by atoms with Gasteiger partial charge < -0.3 is 10.1 Å². The second kappa shape index (κ2) is 14.0. The number of ether oxygens (including phenoxy) is 1. The molecule has 0 atom stereocenters. The molecular weight excluding hydrogens is 553 g/mol. The van der Waals surface area contributed by atoms with Crippen molar-refractivity contribution >= 4 is 5.78 Å². The van der Waals surface area contributed by atoms with Gasteiger partial charge in [0.1, 0.15) is 5.75 Å². The van der Waals surface area contributed by atoms with Crippen LogP contribution in [0.5, 0.6) is 5.75 Å². The van der Waals surface area contributed by atoms with E-state index in [0.717, 1.165) is 48.4 Å². The Morgan fingerprint density at radius 3 is 2.35 bits per heavy atom. The number of benzene rings is 3. The van der Waals surface area contributed by atoms with Crippen molar-refractivity contribution in [3.05, 3.63) is 106 Å². The number of methoxy groups -OCH3 is 1. The number of piperazine rings is 1. The Hall–Kier alpha value is -3.95. The summed E-state index contributed by atoms with van der Waals surface area (Å²) in [4.78, 5) is 15.3. The first kappa shape index (κ1) is 32.0. The molecule has 0 radical (unpaired) electrons. The van der Waals surface area contributed by atoms with Crippen molar-refractivity contribution in [1.29, 1.82) is 0 Å². The molecule has 1 saturated heterocycles. The summed E-state index contributed by atoms with van der Waals surface area (Å²) in [7, 11) is 3.39. The number of alkyl halides is 3. The fourth-order valence-corrected chi connectivity index (χ4v) is 5.43. The van der Waals surface area contributed by atoms with E-state index < -0.39 is 11.7 Å². The maximum absolute atomic E-state index is 13.9. The van der Waals surface area contributed by atoms with Gasteiger partial charge in [-0.25, -0.2) is 0 Å². The second-order valence-electron chi connectivity index (χ2n) is 10.8. The highest BCUT2D eigenvalue weighted by Crippen LogP contribution is 2.34. The molecule has 0 bridgehead atoms. The fourth-order valence-electron chi connectivity index (χ4n) is 5.43. The van der Waals surface area contributed by atoms with Crippen LogP contribution in [0.4, 0.5) is 13.2 Å². The lowest BCUT2D eigenvalue weighted by atomic mass is 9.96. The Bertz CT molecular complexity index is 1540. The number of halogens is 3. The molecule has 9 heteroatoms. The lowest BCUT2D eigenvalue weighted by Gasteiger charge is -2.28. The molecule has 0 saturated carbocycles. The number of nitrogens with zero attached hydrogens (tertiary/aromatic N) is 3. The van der Waals surface area contributed by atoms with Gasteiger partial charge in [-0.2, -0.15) is 18.3 Å². The van der Waals surface area contributed by atoms with Gasteiger partial charge in [-0.05, 0) is 58.9 Å². The van der Waals surface area contributed by atoms with Crippen LogP contribution in [0.3, 0.4) is 0 Å². The third kappa shape index (κ3) is 8.12. The quantitative estimate of drug-likeness (QED) is 0.217. The molecule has 6 nitrogen and oxygen atoms in total. The van der Waals surface area contributed by atoms with Crippen LogP contribution >= 0.6 is 0 Å². The first-order chi connectivity index (χ1) is 20.2. The van der Waals surface area contributed by atoms with E-state index >= 15 is 0 Å². The van der Waals surface area contributed by atoms with Gasteiger partial charge in [0.2, 0.25) is 0 Å². The minimum Gasteiger partial charge on any atom is -0.496 e. The van der Waals surface area contributed by atoms with Crippen molar-refractivity contribution in [2.45, 2.75) is 39.4 Å². The number of aromatic nitrogens is 2. The molecule has 1 aromatic heterocycles. The highest BCUT2D eigenvalue weighted by Gasteiger charge is 2.34. The molecule has 0 aliphatic carbocycles. The first-order valence-electron chi connectivity index (χ1n) is 14.1. The average molecular weight is 593 g/mol. The van der Waals surface area contributed by atoms with Crippen molar-refractivity contribution in [2.75, 3.05) is 33.3 Å². The number of ketones is 1. The highest BCUT2D eigenvalue weighted by atomic mass is 19.4. The predicted molar refractivity (Wildman–Crippen MR) is 163 cm³/mol. The molecule has 1 N–H and O–H groups in total. The SMILES string of the molecule is C.COc1cc(-c2cnn(C)c2)ccc1C(=O)Cc1cccc(CCc2ccc(CN3CCNCC3)c(C(F)(F)F)c2)c1. The summed E-state index contributed by atoms with van der Waals surface area (Å²) in [5.41, 5.74) is 4.56. The van der Waals surface area contributed by atoms with E-state index in [-0.39, 0.29) is 19.6 Å². The lowest BCUT2D eigenvalue weighted by molar-refractivity contribution is -0.138. The molecule has 1 aliphatic heterocycles. The van der Waals surface area contributed by atoms with Gasteiger partial charge in [-0.15, -0.1) is 0 Å². The molecule has 228 valence electrons. The van der Waals surface area contributed by atoms with Gasteiger partial charge in [0.25, 0.3) is 0 Å². The number of aryl methyl sites for hydroxylation is 3. The normalized spacial score (nSPS) is 13.9. The Balaban J connectivity index is 0.00000423. The van der Waals surface area contributed by atoms with Gasteiger partial charge in [0.15, 0.2) is 5.78 Å². The molecule has 2 heterocycles. The predicted octanol–water partition coefficient (Wildman–Crippen LogP) is 6.37. The molecule has 4 aromatic rings. The van der Waals surface area contributed by atoms with E-state index in [1.165, 1.54) is 6.07 Å². The number of carbonyl (C=O) groups is 1. The van der Waals surface area contributed by atoms with Crippen molar-refractivity contribution < 1.29 is 22.7 Å². The zero-order valence-electron chi connectivity index (χ0n) is 23.9. The third-order valence-electron chi connectivity index (χ3n) is 7.68. The number of hydrogen-bond acceptors (Lipinski definition) is 5. The van der Waals surface area contributed by atoms with Crippen molar-refractivity contribution in [3.63, 3.8) is 0 Å². The van der Waals surface area contributed by atoms with Crippen LogP contribution in [-0.4, -0.2) is 53.8 Å². The summed E-state index contributed by atoms with van der Waals surface area (Å²) in [6.07, 6.45) is 0.477. The Kier molecular flexibility index (Phi) is 10.4. The van der Waals surface area contributed by atoms with E-state index in [4.69, 9.17) is 4.74 Å². The lowest BCUT2D eigenvalue weighted by Crippen LogP contribution is -2.43. The number of nitrogens with one attached hydrogen (secondary N) is 1. The van der Waals surface area contributed by atoms with Crippen LogP contribution in [0.15, 0.2) is 73.1 Å². The summed E-state index contributed by atoms with van der Waals surface area (Å²) >= 11 is 0. The van der Waals surface area contributed by atoms with E-state index in [2.05, 4.69) is 15.3 Å². The summed E-state index contributed by atoms with van der Waals surface area (Å²) in [5, 5.41) is 7.43. The minimum atomic E-state index is -4.41. The van der Waals surface area contributed by atoms with Crippen LogP contribution in [0.2, 0.25) is 0 Å². The van der Waals surface area contributed by atoms with E-state index in [0.29, 0.717) is 41.8 Å². The van der Waals surface area contributed by atoms with Gasteiger partial charge in [-0.3, -0.25) is 14.4 Å². The molecule has 43 heavy (non-hydrogen) atoms. The molecule has 1 fully saturated rings. The summed E-state index contributed by atoms with van der Waals surface area (Å²) in [5.74, 6) is 0.426. The first-order valence-corrected chi connectivity index (χ1v) is 14.1. The van der Waals surface area contributed by atoms with Crippen molar-refractivity contribution in [1.82, 2.24) is 20.0 Å². The third-order valence-corrected chi connectivity index (χ3v) is 7.68. The van der Waals surface area contributed by atoms with Gasteiger partial charge in [0.05, 0.1) is 24.4 Å². The van der Waals surface area contributed by atoms with Crippen LogP contribution in [0.25, 0.3) is 11.1 Å². The molecule has 0 unspecified atom stereocenters. The van der Waals surface area contributed by atoms with Crippen molar-refractivity contribution in [3.8, 4) is 16.9 Å². The molecule has 5 rings (SSSR count). The highest BCUT2D eigenvalue weighted by molar-refractivity contribution is 6.00. The van der Waals surface area contributed by atoms with Crippen molar-refractivity contribution in [2.24, 2.45) is 7.05 Å². The number of hydrogen-bond donors (Lipinski definition) is 1. The maximum atomic E-state index is 13.9. The Labute approximate surface area is 251 Å². The Morgan fingerprint density at radius 2 is 1.67 bits per heavy atom. The van der Waals surface area contributed by atoms with Gasteiger partial charge in [0, 0.05) is 58.0 Å². The smallest absolute Gasteiger partial charge is 0.416 e. The maximum Gasteiger partial charge on any atom is 0.416 e. The average Bonchev–Trinajstić information content (AvgIpc) is 3.42. The molecule has 0 amide bonds. The second-order valence-corrected chi connectivity index (χ2v) is 10.8. The monoisotopic (exact) mass is 592 g/mol. The standard InChI is InChI=1S/C33H35F3N4O2.CH4/c1-39-21-28(20-38-39)26-10-11-29(32(19-26)42-2)31(41)18-25-5-3-4-23(16-25)6-7-24-8-9-27(30(17-24)33(34,35)36)22-40-14-12-37-13-15-40;/h3-5,8-11,16-17,19-21,37H,6-7,12-15,18,22H2,1-2H3;1H4. The summed E-state index contributed by atoms with van der Waals surface area (Å²) < 4.78 is 49.1. The largest absolute Gasteiger partial charge is 0.496 e.